The maximum Gasteiger partial charge on any atom is 0.253 e. The predicted octanol–water partition coefficient (Wildman–Crippen LogP) is 1.64. The van der Waals surface area contributed by atoms with E-state index >= 15 is 0 Å². The first kappa shape index (κ1) is 17.2. The Morgan fingerprint density at radius 1 is 0.923 bits per heavy atom. The Bertz CT molecular complexity index is 757. The zero-order chi connectivity index (χ0) is 17.9. The summed E-state index contributed by atoms with van der Waals surface area (Å²) in [4.78, 5) is 30.2. The first-order valence-electron chi connectivity index (χ1n) is 8.90. The third kappa shape index (κ3) is 3.51. The Kier molecular flexibility index (Phi) is 5.01. The first-order valence-corrected chi connectivity index (χ1v) is 9.78. The van der Waals surface area contributed by atoms with Gasteiger partial charge < -0.3 is 9.80 Å². The van der Waals surface area contributed by atoms with Gasteiger partial charge in [-0.15, -0.1) is 11.3 Å². The van der Waals surface area contributed by atoms with Crippen LogP contribution < -0.4 is 10.9 Å². The van der Waals surface area contributed by atoms with Gasteiger partial charge in [0.05, 0.1) is 6.04 Å². The summed E-state index contributed by atoms with van der Waals surface area (Å²) in [6, 6.07) is 13.4. The van der Waals surface area contributed by atoms with E-state index in [1.807, 2.05) is 46.2 Å². The van der Waals surface area contributed by atoms with E-state index in [9.17, 15) is 9.59 Å². The van der Waals surface area contributed by atoms with Gasteiger partial charge in [0.25, 0.3) is 5.91 Å². The zero-order valence-electron chi connectivity index (χ0n) is 14.4. The van der Waals surface area contributed by atoms with E-state index in [1.54, 1.807) is 11.3 Å². The van der Waals surface area contributed by atoms with E-state index in [0.29, 0.717) is 31.7 Å². The number of rotatable bonds is 3. The number of hydrogen-bond acceptors (Lipinski definition) is 5. The average molecular weight is 370 g/mol. The van der Waals surface area contributed by atoms with Gasteiger partial charge in [0.2, 0.25) is 5.91 Å². The van der Waals surface area contributed by atoms with Gasteiger partial charge in [-0.2, -0.15) is 0 Å². The molecule has 2 aliphatic heterocycles. The van der Waals surface area contributed by atoms with E-state index in [0.717, 1.165) is 6.42 Å². The molecule has 136 valence electrons. The van der Waals surface area contributed by atoms with Crippen LogP contribution in [0, 0.1) is 0 Å². The van der Waals surface area contributed by atoms with E-state index in [4.69, 9.17) is 0 Å². The lowest BCUT2D eigenvalue weighted by atomic mass is 10.1. The minimum absolute atomic E-state index is 0.0381. The molecule has 2 unspecified atom stereocenters. The van der Waals surface area contributed by atoms with Crippen molar-refractivity contribution in [3.8, 4) is 0 Å². The van der Waals surface area contributed by atoms with E-state index in [1.165, 1.54) is 4.88 Å². The molecule has 2 aromatic rings. The number of nitrogens with one attached hydrogen (secondary N) is 2. The molecular formula is C19H22N4O2S. The van der Waals surface area contributed by atoms with Crippen molar-refractivity contribution >= 4 is 23.2 Å². The molecule has 2 fully saturated rings. The fourth-order valence-electron chi connectivity index (χ4n) is 3.51. The van der Waals surface area contributed by atoms with Gasteiger partial charge in [-0.1, -0.05) is 24.3 Å². The second-order valence-corrected chi connectivity index (χ2v) is 7.61. The Balaban J connectivity index is 1.31. The predicted molar refractivity (Wildman–Crippen MR) is 101 cm³/mol. The monoisotopic (exact) mass is 370 g/mol. The number of hydrazine groups is 1. The van der Waals surface area contributed by atoms with Crippen LogP contribution in [-0.4, -0.2) is 53.8 Å². The Morgan fingerprint density at radius 2 is 1.65 bits per heavy atom. The molecule has 7 heteroatoms. The lowest BCUT2D eigenvalue weighted by molar-refractivity contribution is -0.134. The highest BCUT2D eigenvalue weighted by Gasteiger charge is 2.34. The third-order valence-corrected chi connectivity index (χ3v) is 5.97. The minimum Gasteiger partial charge on any atom is -0.338 e. The third-order valence-electron chi connectivity index (χ3n) is 4.99. The molecule has 0 radical (unpaired) electrons. The number of thiophene rings is 1. The summed E-state index contributed by atoms with van der Waals surface area (Å²) in [5, 5.41) is 2.05. The van der Waals surface area contributed by atoms with Gasteiger partial charge in [0.15, 0.2) is 0 Å². The molecule has 2 amide bonds. The number of carbonyl (C=O) groups excluding carboxylic acids is 2. The van der Waals surface area contributed by atoms with Crippen molar-refractivity contribution in [1.29, 1.82) is 0 Å². The normalized spacial score (nSPS) is 23.2. The van der Waals surface area contributed by atoms with Crippen molar-refractivity contribution in [3.63, 3.8) is 0 Å². The average Bonchev–Trinajstić information content (AvgIpc) is 3.39. The van der Waals surface area contributed by atoms with Gasteiger partial charge >= 0.3 is 0 Å². The van der Waals surface area contributed by atoms with Crippen LogP contribution in [0.3, 0.4) is 0 Å². The van der Waals surface area contributed by atoms with Crippen LogP contribution in [0.4, 0.5) is 0 Å². The highest BCUT2D eigenvalue weighted by atomic mass is 32.1. The molecule has 1 aromatic heterocycles. The molecule has 2 atom stereocenters. The van der Waals surface area contributed by atoms with Crippen LogP contribution in [0.25, 0.3) is 0 Å². The summed E-state index contributed by atoms with van der Waals surface area (Å²) in [7, 11) is 0. The maximum atomic E-state index is 12.8. The summed E-state index contributed by atoms with van der Waals surface area (Å²) in [6.07, 6.45) is 0.752. The highest BCUT2D eigenvalue weighted by molar-refractivity contribution is 7.10. The van der Waals surface area contributed by atoms with E-state index in [2.05, 4.69) is 22.3 Å². The summed E-state index contributed by atoms with van der Waals surface area (Å²) >= 11 is 1.70. The summed E-state index contributed by atoms with van der Waals surface area (Å²) in [6.45, 7) is 2.32. The van der Waals surface area contributed by atoms with Gasteiger partial charge in [-0.3, -0.25) is 9.59 Å². The summed E-state index contributed by atoms with van der Waals surface area (Å²) in [5.41, 5.74) is 7.06. The first-order chi connectivity index (χ1) is 12.7. The fourth-order valence-corrected chi connectivity index (χ4v) is 4.30. The van der Waals surface area contributed by atoms with Crippen molar-refractivity contribution in [3.05, 3.63) is 58.3 Å². The molecule has 2 saturated heterocycles. The van der Waals surface area contributed by atoms with Crippen molar-refractivity contribution in [2.45, 2.75) is 18.5 Å². The molecule has 6 nitrogen and oxygen atoms in total. The van der Waals surface area contributed by atoms with Crippen molar-refractivity contribution < 1.29 is 9.59 Å². The minimum atomic E-state index is -0.210. The molecule has 0 spiro atoms. The molecule has 3 heterocycles. The number of hydrogen-bond donors (Lipinski definition) is 2. The molecule has 2 N–H and O–H groups in total. The highest BCUT2D eigenvalue weighted by Crippen LogP contribution is 2.26. The van der Waals surface area contributed by atoms with E-state index < -0.39 is 0 Å². The van der Waals surface area contributed by atoms with Crippen LogP contribution in [0.1, 0.15) is 27.7 Å². The molecule has 26 heavy (non-hydrogen) atoms. The number of nitrogens with zero attached hydrogens (tertiary/aromatic N) is 2. The SMILES string of the molecule is O=C(c1ccccc1)N1CCN(C(=O)C2CC(c3cccs3)NN2)CC1. The summed E-state index contributed by atoms with van der Waals surface area (Å²) in [5.74, 6) is 0.152. The topological polar surface area (TPSA) is 64.7 Å². The van der Waals surface area contributed by atoms with Crippen LogP contribution in [0.2, 0.25) is 0 Å². The number of carbonyl (C=O) groups is 2. The standard InChI is InChI=1S/C19H22N4O2S/c24-18(14-5-2-1-3-6-14)22-8-10-23(11-9-22)19(25)16-13-15(20-21-16)17-7-4-12-26-17/h1-7,12,15-16,20-21H,8-11,13H2. The molecular weight excluding hydrogens is 348 g/mol. The molecule has 0 aliphatic carbocycles. The van der Waals surface area contributed by atoms with Crippen LogP contribution in [-0.2, 0) is 4.79 Å². The van der Waals surface area contributed by atoms with Gasteiger partial charge in [0.1, 0.15) is 6.04 Å². The molecule has 1 aromatic carbocycles. The van der Waals surface area contributed by atoms with Gasteiger partial charge in [0, 0.05) is 36.6 Å². The smallest absolute Gasteiger partial charge is 0.253 e. The van der Waals surface area contributed by atoms with Crippen molar-refractivity contribution in [1.82, 2.24) is 20.7 Å². The summed E-state index contributed by atoms with van der Waals surface area (Å²) < 4.78 is 0. The number of piperazine rings is 1. The second-order valence-electron chi connectivity index (χ2n) is 6.63. The molecule has 0 saturated carbocycles. The largest absolute Gasteiger partial charge is 0.338 e. The van der Waals surface area contributed by atoms with E-state index in [-0.39, 0.29) is 23.9 Å². The lowest BCUT2D eigenvalue weighted by Crippen LogP contribution is -2.54. The van der Waals surface area contributed by atoms with Crippen LogP contribution in [0.15, 0.2) is 47.8 Å². The maximum absolute atomic E-state index is 12.8. The Labute approximate surface area is 156 Å². The molecule has 4 rings (SSSR count). The quantitative estimate of drug-likeness (QED) is 0.862. The fraction of sp³-hybridized carbons (Fsp3) is 0.368. The molecule has 0 bridgehead atoms. The van der Waals surface area contributed by atoms with Crippen molar-refractivity contribution in [2.75, 3.05) is 26.2 Å². The number of benzene rings is 1. The number of amides is 2. The van der Waals surface area contributed by atoms with Crippen molar-refractivity contribution in [2.24, 2.45) is 0 Å². The lowest BCUT2D eigenvalue weighted by Gasteiger charge is -2.35. The van der Waals surface area contributed by atoms with Gasteiger partial charge in [-0.05, 0) is 30.0 Å². The Morgan fingerprint density at radius 3 is 2.35 bits per heavy atom. The zero-order valence-corrected chi connectivity index (χ0v) is 15.2. The second kappa shape index (κ2) is 7.57. The van der Waals surface area contributed by atoms with Crippen LogP contribution >= 0.6 is 11.3 Å². The van der Waals surface area contributed by atoms with Gasteiger partial charge in [-0.25, -0.2) is 10.9 Å². The van der Waals surface area contributed by atoms with Crippen LogP contribution in [0.5, 0.6) is 0 Å². The molecule has 2 aliphatic rings. The Hall–Kier alpha value is -2.22.